The summed E-state index contributed by atoms with van der Waals surface area (Å²) in [4.78, 5) is 0. The van der Waals surface area contributed by atoms with Crippen LogP contribution in [-0.2, 0) is 0 Å². The van der Waals surface area contributed by atoms with Crippen LogP contribution in [0, 0.1) is 10.6 Å². The molecular formula is C10H11NO. The fourth-order valence-electron chi connectivity index (χ4n) is 1.66. The first-order valence-corrected chi connectivity index (χ1v) is 4.16. The van der Waals surface area contributed by atoms with Crippen LogP contribution in [0.15, 0.2) is 36.6 Å². The van der Waals surface area contributed by atoms with Crippen molar-refractivity contribution in [2.24, 2.45) is 5.41 Å². The predicted octanol–water partition coefficient (Wildman–Crippen LogP) is 1.99. The first-order chi connectivity index (χ1) is 5.81. The Hall–Kier alpha value is -1.31. The molecule has 1 unspecified atom stereocenters. The molecule has 0 aromatic rings. The van der Waals surface area contributed by atoms with Crippen LogP contribution < -0.4 is 0 Å². The van der Waals surface area contributed by atoms with Crippen molar-refractivity contribution in [3.8, 4) is 0 Å². The van der Waals surface area contributed by atoms with E-state index in [1.807, 2.05) is 6.08 Å². The second-order valence-corrected chi connectivity index (χ2v) is 3.24. The second-order valence-electron chi connectivity index (χ2n) is 3.24. The third-order valence-electron chi connectivity index (χ3n) is 2.29. The summed E-state index contributed by atoms with van der Waals surface area (Å²) in [6, 6.07) is 0. The van der Waals surface area contributed by atoms with Crippen molar-refractivity contribution in [1.29, 1.82) is 0 Å². The Morgan fingerprint density at radius 3 is 2.92 bits per heavy atom. The van der Waals surface area contributed by atoms with Crippen LogP contribution in [0.25, 0.3) is 0 Å². The van der Waals surface area contributed by atoms with E-state index in [0.717, 1.165) is 17.6 Å². The van der Waals surface area contributed by atoms with Gasteiger partial charge in [-0.05, 0) is 12.8 Å². The Balaban J connectivity index is 2.37. The summed E-state index contributed by atoms with van der Waals surface area (Å²) in [5.74, 6) is 0. The van der Waals surface area contributed by atoms with Gasteiger partial charge in [-0.15, -0.1) is 0 Å². The van der Waals surface area contributed by atoms with E-state index in [4.69, 9.17) is 0 Å². The van der Waals surface area contributed by atoms with Crippen molar-refractivity contribution in [2.45, 2.75) is 12.8 Å². The minimum absolute atomic E-state index is 0.106. The molecule has 2 nitrogen and oxygen atoms in total. The molecule has 2 rings (SSSR count). The average molecular weight is 161 g/mol. The van der Waals surface area contributed by atoms with Gasteiger partial charge in [0, 0.05) is 6.08 Å². The quantitative estimate of drug-likeness (QED) is 0.303. The van der Waals surface area contributed by atoms with Gasteiger partial charge in [0.2, 0.25) is 0 Å². The van der Waals surface area contributed by atoms with E-state index in [1.54, 1.807) is 12.3 Å². The van der Waals surface area contributed by atoms with Crippen LogP contribution in [0.2, 0.25) is 0 Å². The number of hydrogen-bond donors (Lipinski definition) is 0. The highest BCUT2D eigenvalue weighted by molar-refractivity contribution is 5.69. The topological polar surface area (TPSA) is 26.1 Å². The summed E-state index contributed by atoms with van der Waals surface area (Å²) < 4.78 is 0.885. The Kier molecular flexibility index (Phi) is 1.61. The third kappa shape index (κ3) is 1.20. The van der Waals surface area contributed by atoms with Gasteiger partial charge >= 0.3 is 0 Å². The summed E-state index contributed by atoms with van der Waals surface area (Å²) in [5, 5.41) is 11.1. The van der Waals surface area contributed by atoms with Crippen LogP contribution >= 0.6 is 0 Å². The molecule has 12 heavy (non-hydrogen) atoms. The van der Waals surface area contributed by atoms with Crippen molar-refractivity contribution in [1.82, 2.24) is 0 Å². The van der Waals surface area contributed by atoms with Gasteiger partial charge in [-0.2, -0.15) is 4.74 Å². The summed E-state index contributed by atoms with van der Waals surface area (Å²) in [6.07, 6.45) is 15.3. The van der Waals surface area contributed by atoms with E-state index in [0.29, 0.717) is 0 Å². The standard InChI is InChI=1S/C10H11NO/c12-11-8-4-3-7-10(9-11)5-1-2-6-10/h1,3-5,7-9H,2,6H2. The van der Waals surface area contributed by atoms with Crippen LogP contribution in [0.4, 0.5) is 0 Å². The van der Waals surface area contributed by atoms with Crippen molar-refractivity contribution >= 4 is 6.21 Å². The van der Waals surface area contributed by atoms with Crippen LogP contribution in [-0.4, -0.2) is 11.0 Å². The SMILES string of the molecule is [O-][N+]1=CC2(C=CC=C1)C=CCC2. The molecule has 0 fully saturated rings. The molecule has 0 saturated carbocycles. The summed E-state index contributed by atoms with van der Waals surface area (Å²) in [5.41, 5.74) is -0.106. The molecule has 0 N–H and O–H groups in total. The lowest BCUT2D eigenvalue weighted by molar-refractivity contribution is -0.376. The fourth-order valence-corrected chi connectivity index (χ4v) is 1.66. The van der Waals surface area contributed by atoms with Crippen LogP contribution in [0.5, 0.6) is 0 Å². The summed E-state index contributed by atoms with van der Waals surface area (Å²) >= 11 is 0. The molecular weight excluding hydrogens is 150 g/mol. The van der Waals surface area contributed by atoms with Gasteiger partial charge < -0.3 is 5.21 Å². The van der Waals surface area contributed by atoms with E-state index in [2.05, 4.69) is 18.2 Å². The van der Waals surface area contributed by atoms with Crippen molar-refractivity contribution in [3.05, 3.63) is 41.8 Å². The Morgan fingerprint density at radius 1 is 1.25 bits per heavy atom. The first kappa shape index (κ1) is 7.35. The zero-order chi connectivity index (χ0) is 8.44. The van der Waals surface area contributed by atoms with Gasteiger partial charge in [0.15, 0.2) is 12.4 Å². The molecule has 0 aromatic heterocycles. The first-order valence-electron chi connectivity index (χ1n) is 4.16. The smallest absolute Gasteiger partial charge is 0.180 e. The molecule has 0 radical (unpaired) electrons. The van der Waals surface area contributed by atoms with Gasteiger partial charge in [-0.3, -0.25) is 0 Å². The summed E-state index contributed by atoms with van der Waals surface area (Å²) in [7, 11) is 0. The molecule has 0 aromatic carbocycles. The van der Waals surface area contributed by atoms with Crippen molar-refractivity contribution < 1.29 is 4.74 Å². The molecule has 1 aliphatic carbocycles. The second kappa shape index (κ2) is 2.63. The average Bonchev–Trinajstić information content (AvgIpc) is 2.39. The van der Waals surface area contributed by atoms with E-state index in [1.165, 1.54) is 6.20 Å². The molecule has 62 valence electrons. The van der Waals surface area contributed by atoms with E-state index in [9.17, 15) is 5.21 Å². The number of allylic oxidation sites excluding steroid dienone is 5. The third-order valence-corrected chi connectivity index (χ3v) is 2.29. The van der Waals surface area contributed by atoms with Crippen molar-refractivity contribution in [3.63, 3.8) is 0 Å². The highest BCUT2D eigenvalue weighted by atomic mass is 16.5. The van der Waals surface area contributed by atoms with Gasteiger partial charge in [0.05, 0.1) is 5.41 Å². The Morgan fingerprint density at radius 2 is 2.17 bits per heavy atom. The molecule has 2 aliphatic rings. The largest absolute Gasteiger partial charge is 0.619 e. The number of rotatable bonds is 0. The Bertz CT molecular complexity index is 299. The molecule has 1 spiro atoms. The maximum atomic E-state index is 11.1. The number of nitrogens with zero attached hydrogens (tertiary/aromatic N) is 1. The van der Waals surface area contributed by atoms with E-state index >= 15 is 0 Å². The number of hydroxylamine groups is 1. The summed E-state index contributed by atoms with van der Waals surface area (Å²) in [6.45, 7) is 0. The molecule has 0 saturated heterocycles. The lowest BCUT2D eigenvalue weighted by Gasteiger charge is -2.14. The minimum Gasteiger partial charge on any atom is -0.619 e. The monoisotopic (exact) mass is 161 g/mol. The molecule has 2 heteroatoms. The zero-order valence-electron chi connectivity index (χ0n) is 6.81. The van der Waals surface area contributed by atoms with Gasteiger partial charge in [0.25, 0.3) is 0 Å². The van der Waals surface area contributed by atoms with Crippen LogP contribution in [0.1, 0.15) is 12.8 Å². The lowest BCUT2D eigenvalue weighted by Crippen LogP contribution is -2.17. The molecule has 0 amide bonds. The Labute approximate surface area is 71.8 Å². The van der Waals surface area contributed by atoms with E-state index in [-0.39, 0.29) is 5.41 Å². The molecule has 1 heterocycles. The molecule has 0 bridgehead atoms. The highest BCUT2D eigenvalue weighted by Crippen LogP contribution is 2.32. The van der Waals surface area contributed by atoms with Crippen LogP contribution in [0.3, 0.4) is 0 Å². The highest BCUT2D eigenvalue weighted by Gasteiger charge is 2.28. The van der Waals surface area contributed by atoms with Gasteiger partial charge in [-0.25, -0.2) is 0 Å². The fraction of sp³-hybridized carbons (Fsp3) is 0.300. The van der Waals surface area contributed by atoms with E-state index < -0.39 is 0 Å². The maximum absolute atomic E-state index is 11.1. The molecule has 1 aliphatic heterocycles. The molecule has 1 atom stereocenters. The predicted molar refractivity (Wildman–Crippen MR) is 48.8 cm³/mol. The minimum atomic E-state index is -0.106. The zero-order valence-corrected chi connectivity index (χ0v) is 6.81. The van der Waals surface area contributed by atoms with Gasteiger partial charge in [0.1, 0.15) is 0 Å². The van der Waals surface area contributed by atoms with Gasteiger partial charge in [-0.1, -0.05) is 24.3 Å². The number of hydrogen-bond acceptors (Lipinski definition) is 1. The van der Waals surface area contributed by atoms with Crippen molar-refractivity contribution in [2.75, 3.05) is 0 Å². The normalized spacial score (nSPS) is 32.5. The lowest BCUT2D eigenvalue weighted by atomic mass is 9.89. The maximum Gasteiger partial charge on any atom is 0.180 e.